The summed E-state index contributed by atoms with van der Waals surface area (Å²) in [6.45, 7) is 2.19. The number of hydrogen-bond acceptors (Lipinski definition) is 3. The number of hydrogen-bond donors (Lipinski definition) is 2. The third-order valence-corrected chi connectivity index (χ3v) is 2.15. The highest BCUT2D eigenvalue weighted by Crippen LogP contribution is 2.27. The zero-order valence-electron chi connectivity index (χ0n) is 7.91. The smallest absolute Gasteiger partial charge is 0.244 e. The van der Waals surface area contributed by atoms with E-state index >= 15 is 0 Å². The first-order chi connectivity index (χ1) is 6.66. The van der Waals surface area contributed by atoms with Gasteiger partial charge >= 0.3 is 0 Å². The van der Waals surface area contributed by atoms with Crippen LogP contribution in [0.1, 0.15) is 5.56 Å². The lowest BCUT2D eigenvalue weighted by molar-refractivity contribution is -0.117. The first kappa shape index (κ1) is 9.02. The Morgan fingerprint density at radius 2 is 2.36 bits per heavy atom. The molecule has 0 aromatic heterocycles. The molecule has 1 aromatic carbocycles. The summed E-state index contributed by atoms with van der Waals surface area (Å²) in [5.74, 6) is 0.485. The number of amides is 1. The molecule has 3 N–H and O–H groups in total. The van der Waals surface area contributed by atoms with E-state index in [4.69, 9.17) is 10.5 Å². The van der Waals surface area contributed by atoms with Crippen LogP contribution in [0.2, 0.25) is 0 Å². The van der Waals surface area contributed by atoms with E-state index in [1.807, 2.05) is 25.1 Å². The van der Waals surface area contributed by atoms with E-state index in [1.165, 1.54) is 0 Å². The lowest BCUT2D eigenvalue weighted by Crippen LogP contribution is -2.38. The summed E-state index contributed by atoms with van der Waals surface area (Å²) < 4.78 is 5.40. The predicted octanol–water partition coefficient (Wildman–Crippen LogP) is 0.653. The van der Waals surface area contributed by atoms with Crippen LogP contribution in [0, 0.1) is 6.92 Å². The first-order valence-corrected chi connectivity index (χ1v) is 4.47. The van der Waals surface area contributed by atoms with Crippen molar-refractivity contribution in [3.63, 3.8) is 0 Å². The molecule has 2 rings (SSSR count). The van der Waals surface area contributed by atoms with Gasteiger partial charge in [0.2, 0.25) is 5.91 Å². The van der Waals surface area contributed by atoms with Crippen molar-refractivity contribution in [1.82, 2.24) is 0 Å². The highest BCUT2D eigenvalue weighted by molar-refractivity contribution is 5.96. The third kappa shape index (κ3) is 1.56. The highest BCUT2D eigenvalue weighted by Gasteiger charge is 2.20. The molecule has 14 heavy (non-hydrogen) atoms. The summed E-state index contributed by atoms with van der Waals surface area (Å²) in [5.41, 5.74) is 7.34. The van der Waals surface area contributed by atoms with Crippen LogP contribution < -0.4 is 15.8 Å². The standard InChI is InChI=1S/C10H12N2O2/c1-6-2-3-8-9(4-6)14-5-7(11)10(13)12-8/h2-4,7H,5,11H2,1H3,(H,12,13)/t7-/m0/s1. The van der Waals surface area contributed by atoms with E-state index in [2.05, 4.69) is 5.32 Å². The molecule has 0 saturated heterocycles. The average Bonchev–Trinajstić information content (AvgIpc) is 2.29. The molecular formula is C10H12N2O2. The van der Waals surface area contributed by atoms with Gasteiger partial charge in [0.1, 0.15) is 18.4 Å². The molecule has 1 aliphatic rings. The van der Waals surface area contributed by atoms with Gasteiger partial charge in [-0.05, 0) is 24.6 Å². The van der Waals surface area contributed by atoms with Gasteiger partial charge in [-0.1, -0.05) is 6.07 Å². The van der Waals surface area contributed by atoms with Crippen molar-refractivity contribution in [2.45, 2.75) is 13.0 Å². The molecule has 0 spiro atoms. The maximum Gasteiger partial charge on any atom is 0.244 e. The summed E-state index contributed by atoms with van der Waals surface area (Å²) in [5, 5.41) is 2.71. The van der Waals surface area contributed by atoms with Crippen molar-refractivity contribution >= 4 is 11.6 Å². The Morgan fingerprint density at radius 1 is 1.57 bits per heavy atom. The molecule has 0 saturated carbocycles. The van der Waals surface area contributed by atoms with Gasteiger partial charge in [-0.25, -0.2) is 0 Å². The summed E-state index contributed by atoms with van der Waals surface area (Å²) in [7, 11) is 0. The zero-order valence-corrected chi connectivity index (χ0v) is 7.91. The number of benzene rings is 1. The monoisotopic (exact) mass is 192 g/mol. The van der Waals surface area contributed by atoms with Gasteiger partial charge in [0.25, 0.3) is 0 Å². The van der Waals surface area contributed by atoms with Crippen molar-refractivity contribution < 1.29 is 9.53 Å². The minimum Gasteiger partial charge on any atom is -0.489 e. The molecule has 4 nitrogen and oxygen atoms in total. The van der Waals surface area contributed by atoms with Crippen LogP contribution in [-0.4, -0.2) is 18.6 Å². The van der Waals surface area contributed by atoms with Crippen molar-refractivity contribution in [1.29, 1.82) is 0 Å². The van der Waals surface area contributed by atoms with Crippen LogP contribution in [0.15, 0.2) is 18.2 Å². The molecular weight excluding hydrogens is 180 g/mol. The molecule has 0 fully saturated rings. The van der Waals surface area contributed by atoms with Crippen LogP contribution in [0.4, 0.5) is 5.69 Å². The number of rotatable bonds is 0. The molecule has 1 heterocycles. The molecule has 74 valence electrons. The van der Waals surface area contributed by atoms with Gasteiger partial charge in [0.15, 0.2) is 0 Å². The van der Waals surface area contributed by atoms with E-state index in [1.54, 1.807) is 0 Å². The lowest BCUT2D eigenvalue weighted by atomic mass is 10.2. The molecule has 1 amide bonds. The Labute approximate surface area is 82.1 Å². The second-order valence-corrected chi connectivity index (χ2v) is 3.41. The number of ether oxygens (including phenoxy) is 1. The average molecular weight is 192 g/mol. The van der Waals surface area contributed by atoms with Crippen LogP contribution in [-0.2, 0) is 4.79 Å². The number of carbonyl (C=O) groups excluding carboxylic acids is 1. The van der Waals surface area contributed by atoms with Gasteiger partial charge in [0, 0.05) is 0 Å². The van der Waals surface area contributed by atoms with E-state index in [0.717, 1.165) is 5.56 Å². The molecule has 0 bridgehead atoms. The minimum absolute atomic E-state index is 0.201. The molecule has 4 heteroatoms. The Hall–Kier alpha value is -1.55. The van der Waals surface area contributed by atoms with Crippen molar-refractivity contribution in [2.24, 2.45) is 5.73 Å². The maximum atomic E-state index is 11.3. The predicted molar refractivity (Wildman–Crippen MR) is 53.3 cm³/mol. The highest BCUT2D eigenvalue weighted by atomic mass is 16.5. The van der Waals surface area contributed by atoms with Gasteiger partial charge in [-0.3, -0.25) is 4.79 Å². The zero-order chi connectivity index (χ0) is 10.1. The second kappa shape index (κ2) is 3.31. The van der Waals surface area contributed by atoms with Gasteiger partial charge in [0.05, 0.1) is 5.69 Å². The van der Waals surface area contributed by atoms with Gasteiger partial charge < -0.3 is 15.8 Å². The van der Waals surface area contributed by atoms with Gasteiger partial charge in [-0.15, -0.1) is 0 Å². The fraction of sp³-hybridized carbons (Fsp3) is 0.300. The second-order valence-electron chi connectivity index (χ2n) is 3.41. The summed E-state index contributed by atoms with van der Waals surface area (Å²) in [4.78, 5) is 11.3. The van der Waals surface area contributed by atoms with Crippen LogP contribution in [0.3, 0.4) is 0 Å². The molecule has 1 aromatic rings. The Kier molecular flexibility index (Phi) is 2.13. The molecule has 1 atom stereocenters. The fourth-order valence-electron chi connectivity index (χ4n) is 1.33. The van der Waals surface area contributed by atoms with Crippen LogP contribution in [0.5, 0.6) is 5.75 Å². The summed E-state index contributed by atoms with van der Waals surface area (Å²) in [6.07, 6.45) is 0. The van der Waals surface area contributed by atoms with E-state index in [9.17, 15) is 4.79 Å². The Morgan fingerprint density at radius 3 is 3.14 bits per heavy atom. The fourth-order valence-corrected chi connectivity index (χ4v) is 1.33. The lowest BCUT2D eigenvalue weighted by Gasteiger charge is -2.06. The van der Waals surface area contributed by atoms with E-state index in [-0.39, 0.29) is 12.5 Å². The number of anilines is 1. The SMILES string of the molecule is Cc1ccc2c(c1)OC[C@H](N)C(=O)N2. The number of carbonyl (C=O) groups is 1. The maximum absolute atomic E-state index is 11.3. The van der Waals surface area contributed by atoms with Crippen molar-refractivity contribution in [3.8, 4) is 5.75 Å². The topological polar surface area (TPSA) is 64.3 Å². The van der Waals surface area contributed by atoms with Crippen molar-refractivity contribution in [3.05, 3.63) is 23.8 Å². The van der Waals surface area contributed by atoms with Gasteiger partial charge in [-0.2, -0.15) is 0 Å². The molecule has 1 aliphatic heterocycles. The Bertz CT molecular complexity index is 376. The number of aryl methyl sites for hydroxylation is 1. The summed E-state index contributed by atoms with van der Waals surface area (Å²) >= 11 is 0. The quantitative estimate of drug-likeness (QED) is 0.634. The number of nitrogens with one attached hydrogen (secondary N) is 1. The van der Waals surface area contributed by atoms with Crippen LogP contribution in [0.25, 0.3) is 0 Å². The normalized spacial score (nSPS) is 20.4. The molecule has 0 unspecified atom stereocenters. The summed E-state index contributed by atoms with van der Waals surface area (Å²) in [6, 6.07) is 5.02. The minimum atomic E-state index is -0.595. The van der Waals surface area contributed by atoms with Crippen LogP contribution >= 0.6 is 0 Å². The van der Waals surface area contributed by atoms with E-state index < -0.39 is 6.04 Å². The molecule has 0 aliphatic carbocycles. The largest absolute Gasteiger partial charge is 0.489 e. The number of fused-ring (bicyclic) bond motifs is 1. The first-order valence-electron chi connectivity index (χ1n) is 4.47. The third-order valence-electron chi connectivity index (χ3n) is 2.15. The molecule has 0 radical (unpaired) electrons. The van der Waals surface area contributed by atoms with E-state index in [0.29, 0.717) is 11.4 Å². The number of nitrogens with two attached hydrogens (primary N) is 1. The Balaban J connectivity index is 2.37. The van der Waals surface area contributed by atoms with Crippen molar-refractivity contribution in [2.75, 3.05) is 11.9 Å².